The lowest BCUT2D eigenvalue weighted by molar-refractivity contribution is -0.823. The number of hydrogen-bond acceptors (Lipinski definition) is 14. The molecule has 2 aliphatic rings. The zero-order valence-corrected chi connectivity index (χ0v) is 24.0. The van der Waals surface area contributed by atoms with E-state index < -0.39 is 100 Å². The molecule has 0 aromatic carbocycles. The normalized spacial score (nSPS) is 27.4. The first-order chi connectivity index (χ1) is 19.0. The minimum Gasteiger partial charge on any atom is -0.432 e. The van der Waals surface area contributed by atoms with Gasteiger partial charge in [0.15, 0.2) is 18.5 Å². The van der Waals surface area contributed by atoms with Crippen LogP contribution >= 0.6 is 7.82 Å². The topological polar surface area (TPSA) is 198 Å². The van der Waals surface area contributed by atoms with Crippen molar-refractivity contribution >= 4 is 32.0 Å². The second-order valence-corrected chi connectivity index (χ2v) is 11.2. The van der Waals surface area contributed by atoms with Crippen LogP contribution in [0.1, 0.15) is 34.6 Å². The summed E-state index contributed by atoms with van der Waals surface area (Å²) < 4.78 is 81.9. The number of carbonyl (C=O) groups excluding carboxylic acids is 3. The molecule has 0 saturated carbocycles. The predicted octanol–water partition coefficient (Wildman–Crippen LogP) is 3.00. The number of nitrogens with one attached hydrogen (secondary N) is 2. The van der Waals surface area contributed by atoms with Crippen LogP contribution in [0.3, 0.4) is 0 Å². The fourth-order valence-corrected chi connectivity index (χ4v) is 4.45. The summed E-state index contributed by atoms with van der Waals surface area (Å²) in [6, 6.07) is -0.871. The summed E-state index contributed by atoms with van der Waals surface area (Å²) in [7, 11) is -4.94. The second kappa shape index (κ2) is 14.4. The van der Waals surface area contributed by atoms with Gasteiger partial charge in [-0.3, -0.25) is 15.2 Å². The van der Waals surface area contributed by atoms with Gasteiger partial charge in [0.2, 0.25) is 13.6 Å². The molecule has 2 aliphatic heterocycles. The molecule has 41 heavy (non-hydrogen) atoms. The quantitative estimate of drug-likeness (QED) is 0.125. The molecule has 2 amide bonds. The molecule has 1 fully saturated rings. The summed E-state index contributed by atoms with van der Waals surface area (Å²) in [5.74, 6) is -0.276. The van der Waals surface area contributed by atoms with E-state index in [1.807, 2.05) is 0 Å². The van der Waals surface area contributed by atoms with Crippen LogP contribution in [0.5, 0.6) is 0 Å². The highest BCUT2D eigenvalue weighted by atomic mass is 31.2. The van der Waals surface area contributed by atoms with E-state index in [1.165, 1.54) is 27.7 Å². The van der Waals surface area contributed by atoms with Gasteiger partial charge in [0.1, 0.15) is 30.9 Å². The number of phosphoric ester groups is 1. The number of rotatable bonds is 12. The number of amides is 2. The number of phosphoric acid groups is 1. The first kappa shape index (κ1) is 34.5. The van der Waals surface area contributed by atoms with Crippen molar-refractivity contribution in [1.29, 1.82) is 5.41 Å². The van der Waals surface area contributed by atoms with Gasteiger partial charge in [-0.25, -0.2) is 36.8 Å². The van der Waals surface area contributed by atoms with Crippen molar-refractivity contribution in [1.82, 2.24) is 5.32 Å². The first-order valence-electron chi connectivity index (χ1n) is 12.3. The summed E-state index contributed by atoms with van der Waals surface area (Å²) in [5.41, 5.74) is -2.57. The lowest BCUT2D eigenvalue weighted by atomic mass is 9.89. The minimum atomic E-state index is -4.94. The molecule has 0 radical (unpaired) electrons. The number of carbonyl (C=O) groups is 3. The lowest BCUT2D eigenvalue weighted by Crippen LogP contribution is -2.59. The Kier molecular flexibility index (Phi) is 12.1. The summed E-state index contributed by atoms with van der Waals surface area (Å²) in [6.45, 7) is 2.25. The molecule has 1 spiro atoms. The molecule has 3 N–H and O–H groups in total. The van der Waals surface area contributed by atoms with Crippen molar-refractivity contribution in [3.63, 3.8) is 0 Å². The average molecular weight is 619 g/mol. The average Bonchev–Trinajstić information content (AvgIpc) is 2.95. The summed E-state index contributed by atoms with van der Waals surface area (Å²) in [5, 5.41) is 20.5. The summed E-state index contributed by atoms with van der Waals surface area (Å²) in [6.07, 6.45) is -8.00. The van der Waals surface area contributed by atoms with Crippen LogP contribution in [-0.4, -0.2) is 103 Å². The van der Waals surface area contributed by atoms with Gasteiger partial charge in [-0.15, -0.1) is 0 Å². The molecule has 2 heterocycles. The number of nitrogens with zero attached hydrogens (tertiary/aromatic N) is 1. The Bertz CT molecular complexity index is 1010. The Hall–Kier alpha value is -2.73. The number of amidine groups is 1. The fraction of sp³-hybridized carbons (Fsp3) is 0.727. The summed E-state index contributed by atoms with van der Waals surface area (Å²) >= 11 is 0. The maximum atomic E-state index is 15.3. The zero-order valence-electron chi connectivity index (χ0n) is 23.1. The molecular weight excluding hydrogens is 583 g/mol. The van der Waals surface area contributed by atoms with Crippen molar-refractivity contribution in [2.75, 3.05) is 33.5 Å². The summed E-state index contributed by atoms with van der Waals surface area (Å²) in [4.78, 5) is 35.8. The molecule has 2 unspecified atom stereocenters. The third-order valence-corrected chi connectivity index (χ3v) is 6.93. The van der Waals surface area contributed by atoms with Crippen molar-refractivity contribution < 1.29 is 74.6 Å². The van der Waals surface area contributed by atoms with Crippen molar-refractivity contribution in [3.05, 3.63) is 12.3 Å². The number of aliphatic hydroxyl groups excluding tert-OH is 1. The molecular formula is C22H35F2N3O13P+. The van der Waals surface area contributed by atoms with Crippen LogP contribution in [0.15, 0.2) is 12.3 Å². The molecule has 1 saturated heterocycles. The third-order valence-electron chi connectivity index (χ3n) is 5.64. The van der Waals surface area contributed by atoms with Gasteiger partial charge in [-0.05, 0) is 34.6 Å². The Morgan fingerprint density at radius 2 is 1.68 bits per heavy atom. The predicted molar refractivity (Wildman–Crippen MR) is 132 cm³/mol. The van der Waals surface area contributed by atoms with Crippen LogP contribution < -0.4 is 5.32 Å². The molecule has 16 nitrogen and oxygen atoms in total. The van der Waals surface area contributed by atoms with Crippen LogP contribution in [0, 0.1) is 5.41 Å². The maximum Gasteiger partial charge on any atom is 0.510 e. The SMILES string of the molecule is CC(C)OC(=O)OCOP(=O)(OCOC(=O)OC(C)C)OC[C@@]1(C(C)F)OC[N+]2(C=CC(=N)NC2=O)C[C@H](F)[C@@H]1O. The largest absolute Gasteiger partial charge is 0.510 e. The second-order valence-electron chi connectivity index (χ2n) is 9.52. The number of ether oxygens (including phenoxy) is 5. The molecule has 5 atom stereocenters. The number of urea groups is 1. The van der Waals surface area contributed by atoms with Crippen molar-refractivity contribution in [2.45, 2.75) is 70.9 Å². The molecule has 19 heteroatoms. The molecule has 0 aromatic rings. The van der Waals surface area contributed by atoms with Crippen LogP contribution in [0.2, 0.25) is 0 Å². The maximum absolute atomic E-state index is 15.3. The van der Waals surface area contributed by atoms with Crippen LogP contribution in [-0.2, 0) is 41.8 Å². The van der Waals surface area contributed by atoms with E-state index in [9.17, 15) is 24.1 Å². The highest BCUT2D eigenvalue weighted by molar-refractivity contribution is 7.48. The third kappa shape index (κ3) is 9.39. The molecule has 234 valence electrons. The monoisotopic (exact) mass is 618 g/mol. The number of halogens is 2. The van der Waals surface area contributed by atoms with E-state index in [0.717, 1.165) is 19.2 Å². The van der Waals surface area contributed by atoms with Crippen LogP contribution in [0.25, 0.3) is 0 Å². The van der Waals surface area contributed by atoms with Gasteiger partial charge in [0.25, 0.3) is 0 Å². The number of aliphatic hydroxyl groups is 1. The van der Waals surface area contributed by atoms with Gasteiger partial charge >= 0.3 is 26.2 Å². The van der Waals surface area contributed by atoms with Gasteiger partial charge < -0.3 is 28.8 Å². The van der Waals surface area contributed by atoms with Gasteiger partial charge in [0, 0.05) is 6.08 Å². The van der Waals surface area contributed by atoms with Gasteiger partial charge in [0.05, 0.1) is 18.8 Å². The highest BCUT2D eigenvalue weighted by Gasteiger charge is 2.58. The van der Waals surface area contributed by atoms with E-state index in [4.69, 9.17) is 33.2 Å². The fourth-order valence-electron chi connectivity index (χ4n) is 3.50. The number of quaternary nitrogens is 1. The standard InChI is InChI=1S/C22H34F2N3O13P/c1-13(2)39-20(30)33-11-37-41(32,38-12-34-21(31)40-14(3)4)36-9-22(15(5)23)18(28)16(24)8-27(10-35-22)7-6-17(25)26-19(27)29/h6-7,13-16,18,28H,8-12H2,1-5H3,(H-,25,26,29)/p+1/t15?,16-,18-,22-,27?/m0/s1. The molecule has 2 rings (SSSR count). The van der Waals surface area contributed by atoms with E-state index >= 15 is 8.78 Å². The van der Waals surface area contributed by atoms with E-state index in [2.05, 4.69) is 14.8 Å². The van der Waals surface area contributed by atoms with Crippen LogP contribution in [0.4, 0.5) is 23.2 Å². The Morgan fingerprint density at radius 1 is 1.15 bits per heavy atom. The Balaban J connectivity index is 2.24. The molecule has 0 aliphatic carbocycles. The minimum absolute atomic E-state index is 0.276. The number of hydrogen-bond donors (Lipinski definition) is 3. The molecule has 0 bridgehead atoms. The first-order valence-corrected chi connectivity index (χ1v) is 13.8. The highest BCUT2D eigenvalue weighted by Crippen LogP contribution is 2.51. The smallest absolute Gasteiger partial charge is 0.432 e. The Morgan fingerprint density at radius 3 is 2.15 bits per heavy atom. The van der Waals surface area contributed by atoms with E-state index in [1.54, 1.807) is 0 Å². The Labute approximate surface area is 234 Å². The molecule has 0 aromatic heterocycles. The zero-order chi connectivity index (χ0) is 31.0. The van der Waals surface area contributed by atoms with E-state index in [-0.39, 0.29) is 5.84 Å². The number of alkyl halides is 2. The van der Waals surface area contributed by atoms with Gasteiger partial charge in [-0.2, -0.15) is 4.48 Å². The van der Waals surface area contributed by atoms with Gasteiger partial charge in [-0.1, -0.05) is 0 Å². The van der Waals surface area contributed by atoms with E-state index in [0.29, 0.717) is 0 Å². The van der Waals surface area contributed by atoms with Crippen molar-refractivity contribution in [2.24, 2.45) is 0 Å². The lowest BCUT2D eigenvalue weighted by Gasteiger charge is -2.37. The van der Waals surface area contributed by atoms with Crippen molar-refractivity contribution in [3.8, 4) is 0 Å².